The number of nitrogens with one attached hydrogen (secondary N) is 3. The molecule has 0 aliphatic rings. The lowest BCUT2D eigenvalue weighted by Gasteiger charge is -2.11. The fourth-order valence-corrected chi connectivity index (χ4v) is 4.09. The summed E-state index contributed by atoms with van der Waals surface area (Å²) in [7, 11) is -3.43. The summed E-state index contributed by atoms with van der Waals surface area (Å²) in [6, 6.07) is 9.12. The van der Waals surface area contributed by atoms with Crippen molar-refractivity contribution in [2.75, 3.05) is 26.2 Å². The minimum absolute atomic E-state index is 0. The molecule has 0 radical (unpaired) electrons. The average molecular weight is 509 g/mol. The topological polar surface area (TPSA) is 95.5 Å². The summed E-state index contributed by atoms with van der Waals surface area (Å²) in [4.78, 5) is 8.65. The van der Waals surface area contributed by atoms with Crippen molar-refractivity contribution in [1.29, 1.82) is 0 Å². The zero-order chi connectivity index (χ0) is 18.0. The molecule has 0 saturated carbocycles. The molecule has 0 atom stereocenters. The summed E-state index contributed by atoms with van der Waals surface area (Å²) in [5.74, 6) is 0.661. The smallest absolute Gasteiger partial charge is 0.250 e. The molecule has 0 spiro atoms. The van der Waals surface area contributed by atoms with Gasteiger partial charge in [0.2, 0.25) is 10.0 Å². The van der Waals surface area contributed by atoms with Crippen molar-refractivity contribution in [3.63, 3.8) is 0 Å². The number of pyridine rings is 1. The van der Waals surface area contributed by atoms with E-state index in [-0.39, 0.29) is 30.5 Å². The first kappa shape index (κ1) is 22.8. The highest BCUT2D eigenvalue weighted by Gasteiger charge is 2.13. The van der Waals surface area contributed by atoms with Crippen LogP contribution in [0.3, 0.4) is 0 Å². The fourth-order valence-electron chi connectivity index (χ4n) is 2.03. The highest BCUT2D eigenvalue weighted by atomic mass is 127. The molecule has 2 aromatic heterocycles. The molecule has 0 aliphatic heterocycles. The molecule has 0 amide bonds. The predicted molar refractivity (Wildman–Crippen MR) is 117 cm³/mol. The van der Waals surface area contributed by atoms with Gasteiger partial charge in [0.1, 0.15) is 4.21 Å². The summed E-state index contributed by atoms with van der Waals surface area (Å²) in [5.41, 5.74) is 1.01. The molecule has 0 saturated heterocycles. The summed E-state index contributed by atoms with van der Waals surface area (Å²) in [5, 5.41) is 8.09. The second-order valence-electron chi connectivity index (χ2n) is 5.09. The van der Waals surface area contributed by atoms with Crippen molar-refractivity contribution in [2.45, 2.75) is 17.6 Å². The van der Waals surface area contributed by atoms with Crippen molar-refractivity contribution in [1.82, 2.24) is 20.3 Å². The SMILES string of the molecule is CCNC(=NCCNS(=O)(=O)c1cccs1)NCCc1ccccn1.I. The van der Waals surface area contributed by atoms with Gasteiger partial charge in [0.05, 0.1) is 6.54 Å². The first-order valence-corrected chi connectivity index (χ1v) is 10.4. The third-order valence-corrected chi connectivity index (χ3v) is 6.04. The second kappa shape index (κ2) is 12.2. The normalized spacial score (nSPS) is 11.7. The van der Waals surface area contributed by atoms with Crippen LogP contribution in [0.5, 0.6) is 0 Å². The maximum atomic E-state index is 12.0. The lowest BCUT2D eigenvalue weighted by Crippen LogP contribution is -2.39. The quantitative estimate of drug-likeness (QED) is 0.208. The number of aliphatic imine (C=N–C) groups is 1. The minimum Gasteiger partial charge on any atom is -0.357 e. The Kier molecular flexibility index (Phi) is 10.7. The molecule has 2 rings (SSSR count). The monoisotopic (exact) mass is 509 g/mol. The summed E-state index contributed by atoms with van der Waals surface area (Å²) in [6.07, 6.45) is 2.56. The predicted octanol–water partition coefficient (Wildman–Crippen LogP) is 1.84. The molecule has 2 aromatic rings. The standard InChI is InChI=1S/C16H23N5O2S2.HI/c1-2-17-16(19-10-8-14-6-3-4-9-18-14)20-11-12-21-25(22,23)15-7-5-13-24-15;/h3-7,9,13,21H,2,8,10-12H2,1H3,(H2,17,19,20);1H. The highest BCUT2D eigenvalue weighted by Crippen LogP contribution is 2.14. The number of hydrogen-bond acceptors (Lipinski definition) is 5. The Morgan fingerprint density at radius 1 is 1.19 bits per heavy atom. The van der Waals surface area contributed by atoms with Gasteiger partial charge in [-0.1, -0.05) is 12.1 Å². The van der Waals surface area contributed by atoms with Crippen molar-refractivity contribution < 1.29 is 8.42 Å². The van der Waals surface area contributed by atoms with Crippen LogP contribution in [-0.2, 0) is 16.4 Å². The van der Waals surface area contributed by atoms with Crippen LogP contribution in [0.15, 0.2) is 51.1 Å². The van der Waals surface area contributed by atoms with Crippen LogP contribution < -0.4 is 15.4 Å². The summed E-state index contributed by atoms with van der Waals surface area (Å²) < 4.78 is 26.9. The fraction of sp³-hybridized carbons (Fsp3) is 0.375. The van der Waals surface area contributed by atoms with E-state index in [9.17, 15) is 8.42 Å². The highest BCUT2D eigenvalue weighted by molar-refractivity contribution is 14.0. The minimum atomic E-state index is -3.43. The molecular formula is C16H24IN5O2S2. The average Bonchev–Trinajstić information content (AvgIpc) is 3.15. The molecule has 10 heteroatoms. The van der Waals surface area contributed by atoms with E-state index in [1.165, 1.54) is 11.3 Å². The van der Waals surface area contributed by atoms with Crippen molar-refractivity contribution in [2.24, 2.45) is 4.99 Å². The van der Waals surface area contributed by atoms with Gasteiger partial charge in [-0.25, -0.2) is 13.1 Å². The van der Waals surface area contributed by atoms with E-state index in [0.29, 0.717) is 23.3 Å². The van der Waals surface area contributed by atoms with Crippen LogP contribution in [-0.4, -0.2) is 45.5 Å². The summed E-state index contributed by atoms with van der Waals surface area (Å²) >= 11 is 1.19. The van der Waals surface area contributed by atoms with Gasteiger partial charge in [-0.3, -0.25) is 9.98 Å². The zero-order valence-corrected chi connectivity index (χ0v) is 18.5. The van der Waals surface area contributed by atoms with E-state index >= 15 is 0 Å². The molecule has 144 valence electrons. The molecule has 26 heavy (non-hydrogen) atoms. The molecule has 0 fully saturated rings. The Morgan fingerprint density at radius 2 is 2.04 bits per heavy atom. The van der Waals surface area contributed by atoms with E-state index in [1.54, 1.807) is 23.7 Å². The van der Waals surface area contributed by atoms with Crippen molar-refractivity contribution in [3.05, 3.63) is 47.6 Å². The van der Waals surface area contributed by atoms with Crippen molar-refractivity contribution in [3.8, 4) is 0 Å². The Labute approximate surface area is 175 Å². The maximum absolute atomic E-state index is 12.0. The molecule has 0 aliphatic carbocycles. The Morgan fingerprint density at radius 3 is 2.69 bits per heavy atom. The number of halogens is 1. The Hall–Kier alpha value is -1.24. The Bertz CT molecular complexity index is 752. The van der Waals surface area contributed by atoms with Gasteiger partial charge >= 0.3 is 0 Å². The number of sulfonamides is 1. The number of nitrogens with zero attached hydrogens (tertiary/aromatic N) is 2. The van der Waals surface area contributed by atoms with Gasteiger partial charge < -0.3 is 10.6 Å². The number of thiophene rings is 1. The molecule has 0 unspecified atom stereocenters. The third-order valence-electron chi connectivity index (χ3n) is 3.18. The van der Waals surface area contributed by atoms with Gasteiger partial charge in [-0.05, 0) is 30.5 Å². The molecular weight excluding hydrogens is 485 g/mol. The van der Waals surface area contributed by atoms with Crippen LogP contribution in [0.1, 0.15) is 12.6 Å². The lowest BCUT2D eigenvalue weighted by atomic mass is 10.3. The molecule has 0 bridgehead atoms. The van der Waals surface area contributed by atoms with Crippen LogP contribution in [0, 0.1) is 0 Å². The lowest BCUT2D eigenvalue weighted by molar-refractivity contribution is 0.584. The van der Waals surface area contributed by atoms with E-state index in [4.69, 9.17) is 0 Å². The first-order valence-electron chi connectivity index (χ1n) is 8.07. The number of aromatic nitrogens is 1. The zero-order valence-electron chi connectivity index (χ0n) is 14.5. The van der Waals surface area contributed by atoms with Crippen LogP contribution in [0.25, 0.3) is 0 Å². The molecule has 0 aromatic carbocycles. The van der Waals surface area contributed by atoms with Crippen LogP contribution >= 0.6 is 35.3 Å². The van der Waals surface area contributed by atoms with E-state index in [0.717, 1.165) is 18.7 Å². The van der Waals surface area contributed by atoms with Crippen molar-refractivity contribution >= 4 is 51.3 Å². The first-order chi connectivity index (χ1) is 12.1. The second-order valence-corrected chi connectivity index (χ2v) is 8.03. The van der Waals surface area contributed by atoms with E-state index < -0.39 is 10.0 Å². The summed E-state index contributed by atoms with van der Waals surface area (Å²) in [6.45, 7) is 4.01. The number of hydrogen-bond donors (Lipinski definition) is 3. The van der Waals surface area contributed by atoms with E-state index in [1.807, 2.05) is 25.1 Å². The van der Waals surface area contributed by atoms with Crippen LogP contribution in [0.2, 0.25) is 0 Å². The number of rotatable bonds is 9. The number of guanidine groups is 1. The Balaban J connectivity index is 0.00000338. The third kappa shape index (κ3) is 7.98. The molecule has 2 heterocycles. The molecule has 3 N–H and O–H groups in total. The van der Waals surface area contributed by atoms with Gasteiger partial charge in [0.25, 0.3) is 0 Å². The van der Waals surface area contributed by atoms with E-state index in [2.05, 4.69) is 25.3 Å². The largest absolute Gasteiger partial charge is 0.357 e. The van der Waals surface area contributed by atoms with Gasteiger partial charge in [0, 0.05) is 37.9 Å². The van der Waals surface area contributed by atoms with Gasteiger partial charge in [-0.15, -0.1) is 35.3 Å². The van der Waals surface area contributed by atoms with Crippen LogP contribution in [0.4, 0.5) is 0 Å². The van der Waals surface area contributed by atoms with Gasteiger partial charge in [0.15, 0.2) is 5.96 Å². The molecule has 7 nitrogen and oxygen atoms in total. The van der Waals surface area contributed by atoms with Gasteiger partial charge in [-0.2, -0.15) is 0 Å². The maximum Gasteiger partial charge on any atom is 0.250 e.